The number of rotatable bonds is 4. The van der Waals surface area contributed by atoms with Gasteiger partial charge >= 0.3 is 0 Å². The Labute approximate surface area is 125 Å². The van der Waals surface area contributed by atoms with Gasteiger partial charge < -0.3 is 10.1 Å². The van der Waals surface area contributed by atoms with Gasteiger partial charge in [-0.1, -0.05) is 23.7 Å². The number of benzene rings is 1. The number of ether oxygens (including phenoxy) is 1. The van der Waals surface area contributed by atoms with Gasteiger partial charge in [0.25, 0.3) is 0 Å². The molecular formula is C15H21ClN2O2. The smallest absolute Gasteiger partial charge is 0.234 e. The zero-order valence-electron chi connectivity index (χ0n) is 11.9. The van der Waals surface area contributed by atoms with Gasteiger partial charge in [0, 0.05) is 24.7 Å². The minimum Gasteiger partial charge on any atom is -0.373 e. The summed E-state index contributed by atoms with van der Waals surface area (Å²) in [6, 6.07) is 7.49. The number of hydrogen-bond acceptors (Lipinski definition) is 3. The first-order valence-electron chi connectivity index (χ1n) is 6.92. The van der Waals surface area contributed by atoms with Gasteiger partial charge in [0.1, 0.15) is 0 Å². The zero-order chi connectivity index (χ0) is 14.5. The molecule has 1 amide bonds. The van der Waals surface area contributed by atoms with Gasteiger partial charge in [-0.25, -0.2) is 0 Å². The Bertz CT molecular complexity index is 440. The molecule has 1 aromatic carbocycles. The molecule has 1 aliphatic heterocycles. The van der Waals surface area contributed by atoms with Crippen LogP contribution < -0.4 is 5.32 Å². The largest absolute Gasteiger partial charge is 0.373 e. The standard InChI is InChI=1S/C15H21ClN2O2/c1-11-8-18(9-12(2)20-11)10-15(19)17-7-13-3-5-14(16)6-4-13/h3-6,11-12H,7-10H2,1-2H3,(H,17,19)/t11-,12+. The van der Waals surface area contributed by atoms with Gasteiger partial charge in [0.05, 0.1) is 18.8 Å². The van der Waals surface area contributed by atoms with E-state index in [1.54, 1.807) is 0 Å². The van der Waals surface area contributed by atoms with Crippen LogP contribution in [0.4, 0.5) is 0 Å². The van der Waals surface area contributed by atoms with E-state index in [-0.39, 0.29) is 18.1 Å². The molecular weight excluding hydrogens is 276 g/mol. The monoisotopic (exact) mass is 296 g/mol. The van der Waals surface area contributed by atoms with Crippen LogP contribution in [0.5, 0.6) is 0 Å². The molecule has 110 valence electrons. The maximum atomic E-state index is 11.9. The van der Waals surface area contributed by atoms with Crippen molar-refractivity contribution in [2.45, 2.75) is 32.6 Å². The van der Waals surface area contributed by atoms with E-state index in [4.69, 9.17) is 16.3 Å². The Morgan fingerprint density at radius 1 is 1.30 bits per heavy atom. The van der Waals surface area contributed by atoms with Gasteiger partial charge in [-0.05, 0) is 31.5 Å². The molecule has 0 radical (unpaired) electrons. The van der Waals surface area contributed by atoms with E-state index in [9.17, 15) is 4.79 Å². The van der Waals surface area contributed by atoms with Crippen molar-refractivity contribution in [2.75, 3.05) is 19.6 Å². The fourth-order valence-electron chi connectivity index (χ4n) is 2.48. The number of carbonyl (C=O) groups excluding carboxylic acids is 1. The average Bonchev–Trinajstić information content (AvgIpc) is 2.37. The van der Waals surface area contributed by atoms with Crippen molar-refractivity contribution in [3.63, 3.8) is 0 Å². The molecule has 1 saturated heterocycles. The lowest BCUT2D eigenvalue weighted by Crippen LogP contribution is -2.49. The van der Waals surface area contributed by atoms with E-state index in [2.05, 4.69) is 10.2 Å². The lowest BCUT2D eigenvalue weighted by molar-refractivity contribution is -0.126. The normalized spacial score (nSPS) is 23.6. The molecule has 2 rings (SSSR count). The minimum atomic E-state index is 0.0428. The summed E-state index contributed by atoms with van der Waals surface area (Å²) in [4.78, 5) is 14.1. The van der Waals surface area contributed by atoms with Crippen LogP contribution in [0.25, 0.3) is 0 Å². The molecule has 1 heterocycles. The highest BCUT2D eigenvalue weighted by Crippen LogP contribution is 2.11. The van der Waals surface area contributed by atoms with Gasteiger partial charge in [-0.2, -0.15) is 0 Å². The predicted octanol–water partition coefficient (Wildman–Crippen LogP) is 2.07. The van der Waals surface area contributed by atoms with Crippen LogP contribution in [0.15, 0.2) is 24.3 Å². The lowest BCUT2D eigenvalue weighted by Gasteiger charge is -2.34. The highest BCUT2D eigenvalue weighted by molar-refractivity contribution is 6.30. The highest BCUT2D eigenvalue weighted by Gasteiger charge is 2.23. The predicted molar refractivity (Wildman–Crippen MR) is 79.7 cm³/mol. The molecule has 1 N–H and O–H groups in total. The number of hydrogen-bond donors (Lipinski definition) is 1. The molecule has 0 aromatic heterocycles. The summed E-state index contributed by atoms with van der Waals surface area (Å²) in [5, 5.41) is 3.64. The molecule has 0 bridgehead atoms. The van der Waals surface area contributed by atoms with Crippen LogP contribution in [-0.2, 0) is 16.1 Å². The highest BCUT2D eigenvalue weighted by atomic mass is 35.5. The van der Waals surface area contributed by atoms with Gasteiger partial charge in [0.15, 0.2) is 0 Å². The molecule has 1 aliphatic rings. The molecule has 20 heavy (non-hydrogen) atoms. The fourth-order valence-corrected chi connectivity index (χ4v) is 2.60. The summed E-state index contributed by atoms with van der Waals surface area (Å²) >= 11 is 5.82. The molecule has 2 atom stereocenters. The van der Waals surface area contributed by atoms with Crippen LogP contribution in [0, 0.1) is 0 Å². The third-order valence-electron chi connectivity index (χ3n) is 3.27. The number of halogens is 1. The number of nitrogens with one attached hydrogen (secondary N) is 1. The lowest BCUT2D eigenvalue weighted by atomic mass is 10.2. The number of morpholine rings is 1. The maximum absolute atomic E-state index is 11.9. The Morgan fingerprint density at radius 3 is 2.50 bits per heavy atom. The second-order valence-corrected chi connectivity index (χ2v) is 5.79. The van der Waals surface area contributed by atoms with Gasteiger partial charge in [0.2, 0.25) is 5.91 Å². The van der Waals surface area contributed by atoms with Crippen molar-refractivity contribution < 1.29 is 9.53 Å². The minimum absolute atomic E-state index is 0.0428. The summed E-state index contributed by atoms with van der Waals surface area (Å²) in [7, 11) is 0. The third kappa shape index (κ3) is 4.78. The quantitative estimate of drug-likeness (QED) is 0.925. The molecule has 4 nitrogen and oxygen atoms in total. The van der Waals surface area contributed by atoms with Crippen molar-refractivity contribution in [1.82, 2.24) is 10.2 Å². The zero-order valence-corrected chi connectivity index (χ0v) is 12.7. The Balaban J connectivity index is 1.76. The van der Waals surface area contributed by atoms with Crippen molar-refractivity contribution >= 4 is 17.5 Å². The van der Waals surface area contributed by atoms with Crippen molar-refractivity contribution in [2.24, 2.45) is 0 Å². The molecule has 5 heteroatoms. The SMILES string of the molecule is C[C@@H]1CN(CC(=O)NCc2ccc(Cl)cc2)C[C@H](C)O1. The first kappa shape index (κ1) is 15.3. The van der Waals surface area contributed by atoms with Crippen molar-refractivity contribution in [3.8, 4) is 0 Å². The summed E-state index contributed by atoms with van der Waals surface area (Å²) < 4.78 is 5.65. The molecule has 1 fully saturated rings. The number of nitrogens with zero attached hydrogens (tertiary/aromatic N) is 1. The third-order valence-corrected chi connectivity index (χ3v) is 3.52. The first-order chi connectivity index (χ1) is 9.52. The van der Waals surface area contributed by atoms with Gasteiger partial charge in [-0.15, -0.1) is 0 Å². The van der Waals surface area contributed by atoms with Crippen LogP contribution >= 0.6 is 11.6 Å². The Morgan fingerprint density at radius 2 is 1.90 bits per heavy atom. The van der Waals surface area contributed by atoms with E-state index in [1.165, 1.54) is 0 Å². The molecule has 0 unspecified atom stereocenters. The van der Waals surface area contributed by atoms with Crippen LogP contribution in [0.2, 0.25) is 5.02 Å². The van der Waals surface area contributed by atoms with Crippen molar-refractivity contribution in [1.29, 1.82) is 0 Å². The summed E-state index contributed by atoms with van der Waals surface area (Å²) in [5.74, 6) is 0.0428. The van der Waals surface area contributed by atoms with E-state index < -0.39 is 0 Å². The second kappa shape index (κ2) is 7.07. The van der Waals surface area contributed by atoms with E-state index in [0.29, 0.717) is 18.1 Å². The average molecular weight is 297 g/mol. The van der Waals surface area contributed by atoms with E-state index in [0.717, 1.165) is 18.7 Å². The first-order valence-corrected chi connectivity index (χ1v) is 7.29. The molecule has 0 saturated carbocycles. The number of amides is 1. The van der Waals surface area contributed by atoms with Crippen LogP contribution in [0.3, 0.4) is 0 Å². The summed E-state index contributed by atoms with van der Waals surface area (Å²) in [6.07, 6.45) is 0.366. The summed E-state index contributed by atoms with van der Waals surface area (Å²) in [6.45, 7) is 6.64. The molecule has 1 aromatic rings. The summed E-state index contributed by atoms with van der Waals surface area (Å²) in [5.41, 5.74) is 1.05. The Kier molecular flexibility index (Phi) is 5.40. The van der Waals surface area contributed by atoms with E-state index in [1.807, 2.05) is 38.1 Å². The number of carbonyl (C=O) groups is 1. The van der Waals surface area contributed by atoms with Crippen LogP contribution in [-0.4, -0.2) is 42.6 Å². The van der Waals surface area contributed by atoms with Crippen LogP contribution in [0.1, 0.15) is 19.4 Å². The van der Waals surface area contributed by atoms with Gasteiger partial charge in [-0.3, -0.25) is 9.69 Å². The molecule has 0 spiro atoms. The fraction of sp³-hybridized carbons (Fsp3) is 0.533. The second-order valence-electron chi connectivity index (χ2n) is 5.35. The van der Waals surface area contributed by atoms with E-state index >= 15 is 0 Å². The maximum Gasteiger partial charge on any atom is 0.234 e. The topological polar surface area (TPSA) is 41.6 Å². The van der Waals surface area contributed by atoms with Crippen molar-refractivity contribution in [3.05, 3.63) is 34.9 Å². The molecule has 0 aliphatic carbocycles. The Hall–Kier alpha value is -1.10.